The molecule has 0 atom stereocenters. The van der Waals surface area contributed by atoms with Crippen molar-refractivity contribution in [3.63, 3.8) is 0 Å². The van der Waals surface area contributed by atoms with Gasteiger partial charge in [0.05, 0.1) is 17.8 Å². The van der Waals surface area contributed by atoms with Crippen LogP contribution in [0.15, 0.2) is 78.5 Å². The zero-order chi connectivity index (χ0) is 21.4. The molecule has 156 valence electrons. The largest absolute Gasteiger partial charge is 0.481 e. The van der Waals surface area contributed by atoms with Gasteiger partial charge in [-0.25, -0.2) is 18.4 Å². The van der Waals surface area contributed by atoms with Gasteiger partial charge in [0.2, 0.25) is 5.88 Å². The summed E-state index contributed by atoms with van der Waals surface area (Å²) in [7, 11) is -1.80. The van der Waals surface area contributed by atoms with Crippen molar-refractivity contribution in [3.8, 4) is 17.0 Å². The topological polar surface area (TPSA) is 93.2 Å². The number of hydrogen-bond donors (Lipinski definition) is 2. The molecule has 0 unspecified atom stereocenters. The van der Waals surface area contributed by atoms with E-state index in [2.05, 4.69) is 27.2 Å². The second kappa shape index (κ2) is 10.00. The second-order valence-electron chi connectivity index (χ2n) is 6.49. The van der Waals surface area contributed by atoms with Crippen molar-refractivity contribution in [1.29, 1.82) is 0 Å². The van der Waals surface area contributed by atoms with Gasteiger partial charge < -0.3 is 15.4 Å². The molecule has 0 amide bonds. The highest BCUT2D eigenvalue weighted by molar-refractivity contribution is 7.91. The van der Waals surface area contributed by atoms with Crippen LogP contribution in [0.25, 0.3) is 11.1 Å². The van der Waals surface area contributed by atoms with E-state index in [0.717, 1.165) is 11.1 Å². The van der Waals surface area contributed by atoms with E-state index in [4.69, 9.17) is 4.74 Å². The first-order valence-electron chi connectivity index (χ1n) is 9.40. The Hall–Kier alpha value is -3.23. The highest BCUT2D eigenvalue weighted by Gasteiger charge is 2.14. The van der Waals surface area contributed by atoms with Crippen molar-refractivity contribution >= 4 is 21.3 Å². The molecule has 0 spiro atoms. The first-order valence-corrected chi connectivity index (χ1v) is 11.0. The third kappa shape index (κ3) is 5.65. The molecule has 7 nitrogen and oxygen atoms in total. The standard InChI is InChI=1S/C22H24N4O3S/c1-3-11-23-12-13-30(27,28)20-6-4-5-19(14-20)26-21-9-7-17(15-24-21)18-8-10-22(29-2)25-16-18/h3-10,14-16,23H,1,11-13H2,2H3,(H,24,26). The normalized spacial score (nSPS) is 11.1. The summed E-state index contributed by atoms with van der Waals surface area (Å²) >= 11 is 0. The molecule has 2 aromatic heterocycles. The van der Waals surface area contributed by atoms with Gasteiger partial charge in [-0.1, -0.05) is 12.1 Å². The van der Waals surface area contributed by atoms with Crippen LogP contribution >= 0.6 is 0 Å². The summed E-state index contributed by atoms with van der Waals surface area (Å²) in [6.45, 7) is 4.54. The molecule has 1 aromatic carbocycles. The van der Waals surface area contributed by atoms with Crippen LogP contribution < -0.4 is 15.4 Å². The molecule has 0 bridgehead atoms. The molecular formula is C22H24N4O3S. The minimum absolute atomic E-state index is 0.0210. The summed E-state index contributed by atoms with van der Waals surface area (Å²) in [5.41, 5.74) is 2.49. The van der Waals surface area contributed by atoms with E-state index in [9.17, 15) is 8.42 Å². The van der Waals surface area contributed by atoms with Crippen molar-refractivity contribution in [1.82, 2.24) is 15.3 Å². The Balaban J connectivity index is 1.69. The summed E-state index contributed by atoms with van der Waals surface area (Å²) in [4.78, 5) is 8.88. The van der Waals surface area contributed by atoms with Crippen LogP contribution in [0.1, 0.15) is 0 Å². The van der Waals surface area contributed by atoms with E-state index < -0.39 is 9.84 Å². The molecular weight excluding hydrogens is 400 g/mol. The number of nitrogens with zero attached hydrogens (tertiary/aromatic N) is 2. The fourth-order valence-corrected chi connectivity index (χ4v) is 4.00. The molecule has 2 N–H and O–H groups in total. The number of anilines is 2. The van der Waals surface area contributed by atoms with Crippen LogP contribution in [-0.2, 0) is 9.84 Å². The number of hydrogen-bond acceptors (Lipinski definition) is 7. The lowest BCUT2D eigenvalue weighted by atomic mass is 10.1. The van der Waals surface area contributed by atoms with Gasteiger partial charge in [0.25, 0.3) is 0 Å². The molecule has 0 saturated heterocycles. The third-order valence-electron chi connectivity index (χ3n) is 4.34. The summed E-state index contributed by atoms with van der Waals surface area (Å²) in [5.74, 6) is 1.19. The van der Waals surface area contributed by atoms with Gasteiger partial charge in [-0.05, 0) is 36.4 Å². The zero-order valence-electron chi connectivity index (χ0n) is 16.7. The molecule has 30 heavy (non-hydrogen) atoms. The molecule has 0 aliphatic rings. The van der Waals surface area contributed by atoms with Crippen LogP contribution in [0.3, 0.4) is 0 Å². The van der Waals surface area contributed by atoms with Crippen LogP contribution in [0.4, 0.5) is 11.5 Å². The molecule has 0 aliphatic carbocycles. The van der Waals surface area contributed by atoms with E-state index in [1.54, 1.807) is 55.9 Å². The maximum absolute atomic E-state index is 12.5. The average molecular weight is 425 g/mol. The van der Waals surface area contributed by atoms with Crippen LogP contribution in [0.5, 0.6) is 5.88 Å². The Labute approximate surface area is 176 Å². The first-order chi connectivity index (χ1) is 14.5. The van der Waals surface area contributed by atoms with E-state index in [1.807, 2.05) is 18.2 Å². The number of aromatic nitrogens is 2. The number of pyridine rings is 2. The fourth-order valence-electron chi connectivity index (χ4n) is 2.75. The van der Waals surface area contributed by atoms with Gasteiger partial charge >= 0.3 is 0 Å². The van der Waals surface area contributed by atoms with Crippen molar-refractivity contribution in [2.24, 2.45) is 0 Å². The SMILES string of the molecule is C=CCNCCS(=O)(=O)c1cccc(Nc2ccc(-c3ccc(OC)nc3)cn2)c1. The predicted molar refractivity (Wildman–Crippen MR) is 119 cm³/mol. The predicted octanol–water partition coefficient (Wildman–Crippen LogP) is 3.45. The lowest BCUT2D eigenvalue weighted by Crippen LogP contribution is -2.23. The van der Waals surface area contributed by atoms with Gasteiger partial charge in [0.15, 0.2) is 9.84 Å². The Bertz CT molecular complexity index is 1080. The summed E-state index contributed by atoms with van der Waals surface area (Å²) < 4.78 is 30.1. The number of rotatable bonds is 10. The molecule has 3 rings (SSSR count). The molecule has 0 radical (unpaired) electrons. The highest BCUT2D eigenvalue weighted by Crippen LogP contribution is 2.23. The van der Waals surface area contributed by atoms with Crippen LogP contribution in [-0.4, -0.2) is 44.3 Å². The van der Waals surface area contributed by atoms with E-state index in [0.29, 0.717) is 30.5 Å². The van der Waals surface area contributed by atoms with E-state index >= 15 is 0 Å². The lowest BCUT2D eigenvalue weighted by molar-refractivity contribution is 0.398. The molecule has 0 fully saturated rings. The monoisotopic (exact) mass is 424 g/mol. The third-order valence-corrected chi connectivity index (χ3v) is 6.06. The molecule has 8 heteroatoms. The zero-order valence-corrected chi connectivity index (χ0v) is 17.5. The average Bonchev–Trinajstić information content (AvgIpc) is 2.78. The second-order valence-corrected chi connectivity index (χ2v) is 8.60. The fraction of sp³-hybridized carbons (Fsp3) is 0.182. The van der Waals surface area contributed by atoms with Crippen molar-refractivity contribution in [2.75, 3.05) is 31.3 Å². The first kappa shape index (κ1) is 21.5. The number of nitrogens with one attached hydrogen (secondary N) is 2. The van der Waals surface area contributed by atoms with Crippen molar-refractivity contribution in [2.45, 2.75) is 4.90 Å². The van der Waals surface area contributed by atoms with Gasteiger partial charge in [-0.2, -0.15) is 0 Å². The quantitative estimate of drug-likeness (QED) is 0.380. The van der Waals surface area contributed by atoms with E-state index in [1.165, 1.54) is 0 Å². The van der Waals surface area contributed by atoms with Gasteiger partial charge in [-0.3, -0.25) is 0 Å². The molecule has 0 saturated carbocycles. The Morgan fingerprint density at radius 3 is 2.47 bits per heavy atom. The maximum Gasteiger partial charge on any atom is 0.212 e. The molecule has 0 aliphatic heterocycles. The highest BCUT2D eigenvalue weighted by atomic mass is 32.2. The number of ether oxygens (including phenoxy) is 1. The van der Waals surface area contributed by atoms with Gasteiger partial charge in [0, 0.05) is 48.4 Å². The summed E-state index contributed by atoms with van der Waals surface area (Å²) in [6.07, 6.45) is 5.15. The van der Waals surface area contributed by atoms with Crippen molar-refractivity contribution in [3.05, 3.63) is 73.6 Å². The minimum atomic E-state index is -3.38. The Morgan fingerprint density at radius 1 is 1.07 bits per heavy atom. The van der Waals surface area contributed by atoms with Crippen LogP contribution in [0.2, 0.25) is 0 Å². The molecule has 3 aromatic rings. The Kier molecular flexibility index (Phi) is 7.16. The summed E-state index contributed by atoms with van der Waals surface area (Å²) in [5, 5.41) is 6.16. The maximum atomic E-state index is 12.5. The minimum Gasteiger partial charge on any atom is -0.481 e. The number of methoxy groups -OCH3 is 1. The van der Waals surface area contributed by atoms with Gasteiger partial charge in [0.1, 0.15) is 5.82 Å². The summed E-state index contributed by atoms with van der Waals surface area (Å²) in [6, 6.07) is 14.2. The smallest absolute Gasteiger partial charge is 0.212 e. The number of sulfone groups is 1. The lowest BCUT2D eigenvalue weighted by Gasteiger charge is -2.10. The van der Waals surface area contributed by atoms with Crippen molar-refractivity contribution < 1.29 is 13.2 Å². The molecule has 2 heterocycles. The number of benzene rings is 1. The Morgan fingerprint density at radius 2 is 1.83 bits per heavy atom. The van der Waals surface area contributed by atoms with E-state index in [-0.39, 0.29) is 10.6 Å². The van der Waals surface area contributed by atoms with Gasteiger partial charge in [-0.15, -0.1) is 6.58 Å². The van der Waals surface area contributed by atoms with Crippen LogP contribution in [0, 0.1) is 0 Å².